The molecule has 0 bridgehead atoms. The summed E-state index contributed by atoms with van der Waals surface area (Å²) in [6.07, 6.45) is 2.33. The van der Waals surface area contributed by atoms with E-state index in [1.807, 2.05) is 0 Å². The van der Waals surface area contributed by atoms with Crippen molar-refractivity contribution in [2.24, 2.45) is 0 Å². The van der Waals surface area contributed by atoms with E-state index in [4.69, 9.17) is 0 Å². The lowest BCUT2D eigenvalue weighted by molar-refractivity contribution is -0.139. The van der Waals surface area contributed by atoms with Crippen LogP contribution in [0.5, 0.6) is 0 Å². The summed E-state index contributed by atoms with van der Waals surface area (Å²) in [5.74, 6) is -0.505. The SMILES string of the molecule is CC(=O)CCC(=O)N1CCCC1C(=O)NCC=O. The molecule has 1 fully saturated rings. The standard InChI is InChI=1S/C12H18N2O4/c1-9(16)4-5-11(17)14-7-2-3-10(14)12(18)13-6-8-15/h8,10H,2-7H2,1H3,(H,13,18). The van der Waals surface area contributed by atoms with Gasteiger partial charge in [0.2, 0.25) is 11.8 Å². The molecule has 0 aromatic rings. The van der Waals surface area contributed by atoms with E-state index in [1.165, 1.54) is 11.8 Å². The average molecular weight is 254 g/mol. The van der Waals surface area contributed by atoms with Gasteiger partial charge in [0.05, 0.1) is 6.54 Å². The Bertz CT molecular complexity index is 354. The highest BCUT2D eigenvalue weighted by Crippen LogP contribution is 2.18. The summed E-state index contributed by atoms with van der Waals surface area (Å²) >= 11 is 0. The zero-order chi connectivity index (χ0) is 13.5. The summed E-state index contributed by atoms with van der Waals surface area (Å²) in [4.78, 5) is 46.1. The second kappa shape index (κ2) is 6.88. The van der Waals surface area contributed by atoms with Gasteiger partial charge in [0, 0.05) is 19.4 Å². The second-order valence-corrected chi connectivity index (χ2v) is 4.36. The fraction of sp³-hybridized carbons (Fsp3) is 0.667. The smallest absolute Gasteiger partial charge is 0.243 e. The maximum Gasteiger partial charge on any atom is 0.243 e. The third-order valence-electron chi connectivity index (χ3n) is 2.93. The quantitative estimate of drug-likeness (QED) is 0.657. The number of ketones is 1. The number of Topliss-reactive ketones (excluding diaryl/α,β-unsaturated/α-hetero) is 1. The van der Waals surface area contributed by atoms with E-state index in [0.29, 0.717) is 19.3 Å². The number of carbonyl (C=O) groups excluding carboxylic acids is 4. The van der Waals surface area contributed by atoms with Crippen molar-refractivity contribution in [2.75, 3.05) is 13.1 Å². The number of nitrogens with zero attached hydrogens (tertiary/aromatic N) is 1. The Balaban J connectivity index is 2.52. The highest BCUT2D eigenvalue weighted by atomic mass is 16.2. The molecule has 0 saturated carbocycles. The average Bonchev–Trinajstić information content (AvgIpc) is 2.82. The molecular formula is C12H18N2O4. The van der Waals surface area contributed by atoms with Crippen molar-refractivity contribution in [1.29, 1.82) is 0 Å². The number of likely N-dealkylation sites (tertiary alicyclic amines) is 1. The maximum atomic E-state index is 11.9. The predicted octanol–water partition coefficient (Wildman–Crippen LogP) is -0.338. The van der Waals surface area contributed by atoms with Crippen LogP contribution in [0.3, 0.4) is 0 Å². The summed E-state index contributed by atoms with van der Waals surface area (Å²) < 4.78 is 0. The number of carbonyl (C=O) groups is 4. The van der Waals surface area contributed by atoms with Crippen LogP contribution < -0.4 is 5.32 Å². The summed E-state index contributed by atoms with van der Waals surface area (Å²) in [6.45, 7) is 1.94. The van der Waals surface area contributed by atoms with E-state index in [1.54, 1.807) is 0 Å². The van der Waals surface area contributed by atoms with Crippen molar-refractivity contribution in [3.63, 3.8) is 0 Å². The molecule has 1 unspecified atom stereocenters. The lowest BCUT2D eigenvalue weighted by atomic mass is 10.2. The molecule has 1 heterocycles. The Labute approximate surface area is 106 Å². The molecule has 1 aliphatic heterocycles. The van der Waals surface area contributed by atoms with Gasteiger partial charge in [0.15, 0.2) is 0 Å². The van der Waals surface area contributed by atoms with Crippen LogP contribution in [0.15, 0.2) is 0 Å². The van der Waals surface area contributed by atoms with Crippen molar-refractivity contribution in [1.82, 2.24) is 10.2 Å². The van der Waals surface area contributed by atoms with Crippen molar-refractivity contribution in [3.8, 4) is 0 Å². The monoisotopic (exact) mass is 254 g/mol. The van der Waals surface area contributed by atoms with Gasteiger partial charge in [-0.1, -0.05) is 0 Å². The van der Waals surface area contributed by atoms with Crippen molar-refractivity contribution in [3.05, 3.63) is 0 Å². The van der Waals surface area contributed by atoms with Crippen molar-refractivity contribution >= 4 is 23.9 Å². The minimum absolute atomic E-state index is 0.0369. The zero-order valence-electron chi connectivity index (χ0n) is 10.5. The van der Waals surface area contributed by atoms with E-state index < -0.39 is 6.04 Å². The van der Waals surface area contributed by atoms with Crippen LogP contribution in [0.2, 0.25) is 0 Å². The Morgan fingerprint density at radius 3 is 2.67 bits per heavy atom. The molecule has 6 nitrogen and oxygen atoms in total. The Kier molecular flexibility index (Phi) is 5.48. The minimum Gasteiger partial charge on any atom is -0.348 e. The number of rotatable bonds is 6. The van der Waals surface area contributed by atoms with Crippen LogP contribution in [0.25, 0.3) is 0 Å². The predicted molar refractivity (Wildman–Crippen MR) is 63.7 cm³/mol. The molecule has 1 atom stereocenters. The highest BCUT2D eigenvalue weighted by Gasteiger charge is 2.33. The lowest BCUT2D eigenvalue weighted by Gasteiger charge is -2.23. The van der Waals surface area contributed by atoms with Gasteiger partial charge in [0.1, 0.15) is 18.1 Å². The second-order valence-electron chi connectivity index (χ2n) is 4.36. The maximum absolute atomic E-state index is 11.9. The van der Waals surface area contributed by atoms with Crippen LogP contribution in [0.1, 0.15) is 32.6 Å². The van der Waals surface area contributed by atoms with Crippen LogP contribution >= 0.6 is 0 Å². The first-order chi connectivity index (χ1) is 8.56. The van der Waals surface area contributed by atoms with Gasteiger partial charge in [-0.2, -0.15) is 0 Å². The minimum atomic E-state index is -0.496. The Morgan fingerprint density at radius 2 is 2.06 bits per heavy atom. The van der Waals surface area contributed by atoms with Gasteiger partial charge in [-0.15, -0.1) is 0 Å². The molecule has 0 aliphatic carbocycles. The van der Waals surface area contributed by atoms with E-state index in [-0.39, 0.29) is 37.0 Å². The van der Waals surface area contributed by atoms with E-state index in [0.717, 1.165) is 6.42 Å². The fourth-order valence-corrected chi connectivity index (χ4v) is 2.02. The molecule has 1 saturated heterocycles. The van der Waals surface area contributed by atoms with Gasteiger partial charge in [-0.05, 0) is 19.8 Å². The molecule has 6 heteroatoms. The molecule has 100 valence electrons. The summed E-state index contributed by atoms with van der Waals surface area (Å²) in [6, 6.07) is -0.496. The van der Waals surface area contributed by atoms with E-state index in [9.17, 15) is 19.2 Å². The van der Waals surface area contributed by atoms with Gasteiger partial charge in [0.25, 0.3) is 0 Å². The first-order valence-electron chi connectivity index (χ1n) is 6.06. The fourth-order valence-electron chi connectivity index (χ4n) is 2.02. The Hall–Kier alpha value is -1.72. The molecule has 0 aromatic heterocycles. The first-order valence-corrected chi connectivity index (χ1v) is 6.06. The molecule has 0 spiro atoms. The topological polar surface area (TPSA) is 83.6 Å². The van der Waals surface area contributed by atoms with E-state index >= 15 is 0 Å². The van der Waals surface area contributed by atoms with Crippen molar-refractivity contribution < 1.29 is 19.2 Å². The molecule has 2 amide bonds. The van der Waals surface area contributed by atoms with Crippen molar-refractivity contribution in [2.45, 2.75) is 38.6 Å². The largest absolute Gasteiger partial charge is 0.348 e. The molecular weight excluding hydrogens is 236 g/mol. The third kappa shape index (κ3) is 3.94. The van der Waals surface area contributed by atoms with Crippen LogP contribution in [-0.4, -0.2) is 47.9 Å². The number of nitrogens with one attached hydrogen (secondary N) is 1. The molecule has 0 radical (unpaired) electrons. The highest BCUT2D eigenvalue weighted by molar-refractivity contribution is 5.90. The molecule has 1 N–H and O–H groups in total. The number of hydrogen-bond acceptors (Lipinski definition) is 4. The van der Waals surface area contributed by atoms with Crippen LogP contribution in [-0.2, 0) is 19.2 Å². The molecule has 1 rings (SSSR count). The van der Waals surface area contributed by atoms with Crippen LogP contribution in [0.4, 0.5) is 0 Å². The zero-order valence-corrected chi connectivity index (χ0v) is 10.5. The number of hydrogen-bond donors (Lipinski definition) is 1. The van der Waals surface area contributed by atoms with E-state index in [2.05, 4.69) is 5.32 Å². The summed E-state index contributed by atoms with van der Waals surface area (Å²) in [5.41, 5.74) is 0. The summed E-state index contributed by atoms with van der Waals surface area (Å²) in [7, 11) is 0. The number of amides is 2. The number of aldehydes is 1. The van der Waals surface area contributed by atoms with Gasteiger partial charge >= 0.3 is 0 Å². The first kappa shape index (κ1) is 14.3. The van der Waals surface area contributed by atoms with Gasteiger partial charge < -0.3 is 19.8 Å². The molecule has 0 aromatic carbocycles. The summed E-state index contributed by atoms with van der Waals surface area (Å²) in [5, 5.41) is 2.46. The van der Waals surface area contributed by atoms with Gasteiger partial charge in [-0.25, -0.2) is 0 Å². The third-order valence-corrected chi connectivity index (χ3v) is 2.93. The normalized spacial score (nSPS) is 18.5. The van der Waals surface area contributed by atoms with Gasteiger partial charge in [-0.3, -0.25) is 9.59 Å². The van der Waals surface area contributed by atoms with Crippen LogP contribution in [0, 0.1) is 0 Å². The lowest BCUT2D eigenvalue weighted by Crippen LogP contribution is -2.46. The molecule has 1 aliphatic rings. The Morgan fingerprint density at radius 1 is 1.33 bits per heavy atom. The molecule has 18 heavy (non-hydrogen) atoms.